The second-order valence-corrected chi connectivity index (χ2v) is 5.16. The molecule has 0 aromatic carbocycles. The zero-order valence-electron chi connectivity index (χ0n) is 11.1. The van der Waals surface area contributed by atoms with Crippen LogP contribution in [0.15, 0.2) is 18.3 Å². The van der Waals surface area contributed by atoms with E-state index in [0.717, 1.165) is 5.69 Å². The third-order valence-electron chi connectivity index (χ3n) is 1.99. The smallest absolute Gasteiger partial charge is 0.331 e. The molecule has 1 heterocycles. The molecule has 0 aliphatic heterocycles. The fraction of sp³-hybridized carbons (Fsp3) is 0.538. The van der Waals surface area contributed by atoms with Gasteiger partial charge in [0.1, 0.15) is 5.60 Å². The average molecular weight is 236 g/mol. The molecule has 4 heteroatoms. The standard InChI is InChI=1S/C13H20N2O2/c1-10(2)15-11(8-9-14-15)6-7-12(16)17-13(3,4)5/h6-10H,1-5H3/b7-6+. The van der Waals surface area contributed by atoms with Gasteiger partial charge in [0.05, 0.1) is 5.69 Å². The molecule has 94 valence electrons. The van der Waals surface area contributed by atoms with E-state index in [9.17, 15) is 4.79 Å². The molecule has 0 bridgehead atoms. The molecule has 0 unspecified atom stereocenters. The van der Waals surface area contributed by atoms with Crippen LogP contribution in [0.3, 0.4) is 0 Å². The van der Waals surface area contributed by atoms with Crippen LogP contribution in [-0.2, 0) is 9.53 Å². The second kappa shape index (κ2) is 5.17. The quantitative estimate of drug-likeness (QED) is 0.598. The molecule has 0 saturated heterocycles. The van der Waals surface area contributed by atoms with Crippen molar-refractivity contribution in [2.24, 2.45) is 0 Å². The van der Waals surface area contributed by atoms with E-state index in [1.54, 1.807) is 12.3 Å². The number of hydrogen-bond acceptors (Lipinski definition) is 3. The number of carbonyl (C=O) groups excluding carboxylic acids is 1. The third-order valence-corrected chi connectivity index (χ3v) is 1.99. The lowest BCUT2D eigenvalue weighted by Gasteiger charge is -2.17. The van der Waals surface area contributed by atoms with Gasteiger partial charge in [0, 0.05) is 18.3 Å². The number of rotatable bonds is 3. The van der Waals surface area contributed by atoms with Crippen molar-refractivity contribution in [2.75, 3.05) is 0 Å². The Morgan fingerprint density at radius 2 is 2.12 bits per heavy atom. The molecule has 0 atom stereocenters. The summed E-state index contributed by atoms with van der Waals surface area (Å²) in [5.41, 5.74) is 0.436. The predicted octanol–water partition coefficient (Wildman–Crippen LogP) is 2.82. The molecule has 1 aromatic heterocycles. The molecule has 0 N–H and O–H groups in total. The van der Waals surface area contributed by atoms with E-state index in [1.165, 1.54) is 6.08 Å². The fourth-order valence-corrected chi connectivity index (χ4v) is 1.38. The molecule has 0 saturated carbocycles. The Morgan fingerprint density at radius 1 is 1.47 bits per heavy atom. The van der Waals surface area contributed by atoms with Crippen LogP contribution in [0, 0.1) is 0 Å². The number of carbonyl (C=O) groups is 1. The maximum atomic E-state index is 11.5. The van der Waals surface area contributed by atoms with Crippen LogP contribution in [-0.4, -0.2) is 21.4 Å². The van der Waals surface area contributed by atoms with Crippen LogP contribution in [0.25, 0.3) is 6.08 Å². The minimum atomic E-state index is -0.459. The lowest BCUT2D eigenvalue weighted by molar-refractivity contribution is -0.148. The Hall–Kier alpha value is -1.58. The number of esters is 1. The molecular weight excluding hydrogens is 216 g/mol. The lowest BCUT2D eigenvalue weighted by atomic mass is 10.2. The Kier molecular flexibility index (Phi) is 4.10. The highest BCUT2D eigenvalue weighted by atomic mass is 16.6. The van der Waals surface area contributed by atoms with Crippen LogP contribution in [0.2, 0.25) is 0 Å². The minimum absolute atomic E-state index is 0.267. The monoisotopic (exact) mass is 236 g/mol. The summed E-state index contributed by atoms with van der Waals surface area (Å²) in [6.45, 7) is 9.61. The minimum Gasteiger partial charge on any atom is -0.457 e. The zero-order valence-corrected chi connectivity index (χ0v) is 11.1. The molecule has 0 radical (unpaired) electrons. The molecule has 0 aliphatic rings. The molecule has 4 nitrogen and oxygen atoms in total. The van der Waals surface area contributed by atoms with Gasteiger partial charge >= 0.3 is 5.97 Å². The molecule has 0 spiro atoms. The van der Waals surface area contributed by atoms with Crippen molar-refractivity contribution < 1.29 is 9.53 Å². The van der Waals surface area contributed by atoms with Crippen molar-refractivity contribution in [1.82, 2.24) is 9.78 Å². The van der Waals surface area contributed by atoms with E-state index in [-0.39, 0.29) is 12.0 Å². The fourth-order valence-electron chi connectivity index (χ4n) is 1.38. The summed E-state index contributed by atoms with van der Waals surface area (Å²) in [4.78, 5) is 11.5. The van der Waals surface area contributed by atoms with Crippen molar-refractivity contribution in [3.05, 3.63) is 24.0 Å². The van der Waals surface area contributed by atoms with E-state index < -0.39 is 5.60 Å². The molecule has 0 fully saturated rings. The van der Waals surface area contributed by atoms with E-state index in [2.05, 4.69) is 5.10 Å². The summed E-state index contributed by atoms with van der Waals surface area (Å²) in [5, 5.41) is 4.18. The largest absolute Gasteiger partial charge is 0.457 e. The van der Waals surface area contributed by atoms with Crippen LogP contribution >= 0.6 is 0 Å². The summed E-state index contributed by atoms with van der Waals surface area (Å²) in [6, 6.07) is 2.13. The van der Waals surface area contributed by atoms with E-state index in [0.29, 0.717) is 0 Å². The molecule has 0 amide bonds. The van der Waals surface area contributed by atoms with Crippen molar-refractivity contribution in [2.45, 2.75) is 46.3 Å². The van der Waals surface area contributed by atoms with Gasteiger partial charge in [-0.3, -0.25) is 4.68 Å². The first-order valence-electron chi connectivity index (χ1n) is 5.74. The van der Waals surface area contributed by atoms with Crippen LogP contribution in [0.1, 0.15) is 46.4 Å². The highest BCUT2D eigenvalue weighted by Gasteiger charge is 2.14. The Morgan fingerprint density at radius 3 is 2.65 bits per heavy atom. The van der Waals surface area contributed by atoms with Crippen LogP contribution in [0.4, 0.5) is 0 Å². The number of aromatic nitrogens is 2. The Balaban J connectivity index is 2.71. The number of ether oxygens (including phenoxy) is 1. The number of hydrogen-bond donors (Lipinski definition) is 0. The van der Waals surface area contributed by atoms with E-state index >= 15 is 0 Å². The maximum absolute atomic E-state index is 11.5. The van der Waals surface area contributed by atoms with Gasteiger partial charge in [0.2, 0.25) is 0 Å². The molecular formula is C13H20N2O2. The number of nitrogens with zero attached hydrogens (tertiary/aromatic N) is 2. The summed E-state index contributed by atoms with van der Waals surface area (Å²) in [7, 11) is 0. The average Bonchev–Trinajstić information content (AvgIpc) is 2.59. The van der Waals surface area contributed by atoms with Gasteiger partial charge in [-0.15, -0.1) is 0 Å². The molecule has 1 rings (SSSR count). The summed E-state index contributed by atoms with van der Waals surface area (Å²) in [6.07, 6.45) is 4.87. The zero-order chi connectivity index (χ0) is 13.1. The van der Waals surface area contributed by atoms with Gasteiger partial charge in [0.25, 0.3) is 0 Å². The van der Waals surface area contributed by atoms with Crippen molar-refractivity contribution in [3.63, 3.8) is 0 Å². The van der Waals surface area contributed by atoms with Crippen LogP contribution in [0.5, 0.6) is 0 Å². The SMILES string of the molecule is CC(C)n1nccc1/C=C/C(=O)OC(C)(C)C. The first-order valence-corrected chi connectivity index (χ1v) is 5.74. The van der Waals surface area contributed by atoms with Gasteiger partial charge < -0.3 is 4.74 Å². The van der Waals surface area contributed by atoms with Gasteiger partial charge in [0.15, 0.2) is 0 Å². The van der Waals surface area contributed by atoms with Gasteiger partial charge in [-0.25, -0.2) is 4.79 Å². The van der Waals surface area contributed by atoms with Crippen LogP contribution < -0.4 is 0 Å². The topological polar surface area (TPSA) is 44.1 Å². The molecule has 1 aromatic rings. The van der Waals surface area contributed by atoms with E-state index in [1.807, 2.05) is 45.4 Å². The second-order valence-electron chi connectivity index (χ2n) is 5.16. The molecule has 0 aliphatic carbocycles. The summed E-state index contributed by atoms with van der Waals surface area (Å²) >= 11 is 0. The first-order chi connectivity index (χ1) is 7.79. The molecule has 17 heavy (non-hydrogen) atoms. The Labute approximate surface area is 102 Å². The predicted molar refractivity (Wildman–Crippen MR) is 67.5 cm³/mol. The maximum Gasteiger partial charge on any atom is 0.331 e. The highest BCUT2D eigenvalue weighted by Crippen LogP contribution is 2.11. The normalized spacial score (nSPS) is 12.4. The van der Waals surface area contributed by atoms with Gasteiger partial charge in [-0.2, -0.15) is 5.10 Å². The third kappa shape index (κ3) is 4.43. The van der Waals surface area contributed by atoms with Crippen molar-refractivity contribution in [1.29, 1.82) is 0 Å². The summed E-state index contributed by atoms with van der Waals surface area (Å²) < 4.78 is 7.03. The first kappa shape index (κ1) is 13.5. The van der Waals surface area contributed by atoms with Crippen molar-refractivity contribution >= 4 is 12.0 Å². The van der Waals surface area contributed by atoms with E-state index in [4.69, 9.17) is 4.74 Å². The van der Waals surface area contributed by atoms with Gasteiger partial charge in [-0.05, 0) is 46.8 Å². The summed E-state index contributed by atoms with van der Waals surface area (Å²) in [5.74, 6) is -0.339. The lowest BCUT2D eigenvalue weighted by Crippen LogP contribution is -2.22. The highest BCUT2D eigenvalue weighted by molar-refractivity contribution is 5.87. The van der Waals surface area contributed by atoms with Crippen molar-refractivity contribution in [3.8, 4) is 0 Å². The Bertz CT molecular complexity index is 411. The van der Waals surface area contributed by atoms with Gasteiger partial charge in [-0.1, -0.05) is 0 Å².